The van der Waals surface area contributed by atoms with Crippen molar-refractivity contribution in [2.24, 2.45) is 0 Å². The highest BCUT2D eigenvalue weighted by molar-refractivity contribution is 5.50. The van der Waals surface area contributed by atoms with Crippen molar-refractivity contribution in [2.45, 2.75) is 19.4 Å². The van der Waals surface area contributed by atoms with E-state index in [2.05, 4.69) is 29.3 Å². The van der Waals surface area contributed by atoms with Crippen molar-refractivity contribution in [1.82, 2.24) is 5.32 Å². The largest absolute Gasteiger partial charge is 0.457 e. The molecule has 0 amide bonds. The Morgan fingerprint density at radius 1 is 1.00 bits per heavy atom. The van der Waals surface area contributed by atoms with Crippen LogP contribution >= 0.6 is 0 Å². The molecule has 1 aliphatic rings. The van der Waals surface area contributed by atoms with Gasteiger partial charge in [0.25, 0.3) is 0 Å². The summed E-state index contributed by atoms with van der Waals surface area (Å²) in [5, 5.41) is 3.52. The third kappa shape index (κ3) is 3.76. The van der Waals surface area contributed by atoms with E-state index in [1.54, 1.807) is 0 Å². The Labute approximate surface area is 126 Å². The van der Waals surface area contributed by atoms with Gasteiger partial charge in [-0.1, -0.05) is 18.2 Å². The zero-order chi connectivity index (χ0) is 14.5. The molecule has 0 aromatic heterocycles. The first-order chi connectivity index (χ1) is 10.3. The van der Waals surface area contributed by atoms with Crippen LogP contribution in [0.15, 0.2) is 54.6 Å². The molecular formula is C18H22N2O. The smallest absolute Gasteiger partial charge is 0.127 e. The van der Waals surface area contributed by atoms with Gasteiger partial charge in [0, 0.05) is 24.8 Å². The van der Waals surface area contributed by atoms with Gasteiger partial charge >= 0.3 is 0 Å². The molecule has 2 aromatic rings. The summed E-state index contributed by atoms with van der Waals surface area (Å²) in [5.41, 5.74) is 1.27. The zero-order valence-corrected chi connectivity index (χ0v) is 12.5. The number of hydrogen-bond donors (Lipinski definition) is 1. The molecule has 3 nitrogen and oxygen atoms in total. The first-order valence-electron chi connectivity index (χ1n) is 7.62. The van der Waals surface area contributed by atoms with E-state index >= 15 is 0 Å². The van der Waals surface area contributed by atoms with Crippen LogP contribution in [0.5, 0.6) is 11.5 Å². The Morgan fingerprint density at radius 3 is 2.48 bits per heavy atom. The van der Waals surface area contributed by atoms with Crippen molar-refractivity contribution in [3.8, 4) is 11.5 Å². The van der Waals surface area contributed by atoms with Crippen LogP contribution in [0.4, 0.5) is 5.69 Å². The van der Waals surface area contributed by atoms with E-state index in [1.807, 2.05) is 42.5 Å². The highest BCUT2D eigenvalue weighted by atomic mass is 16.5. The molecule has 1 fully saturated rings. The molecule has 0 radical (unpaired) electrons. The maximum atomic E-state index is 5.84. The van der Waals surface area contributed by atoms with Gasteiger partial charge in [-0.05, 0) is 56.3 Å². The van der Waals surface area contributed by atoms with E-state index < -0.39 is 0 Å². The summed E-state index contributed by atoms with van der Waals surface area (Å²) >= 11 is 0. The monoisotopic (exact) mass is 282 g/mol. The second kappa shape index (κ2) is 6.64. The first kappa shape index (κ1) is 14.0. The highest BCUT2D eigenvalue weighted by Crippen LogP contribution is 2.24. The zero-order valence-electron chi connectivity index (χ0n) is 12.5. The fourth-order valence-electron chi connectivity index (χ4n) is 2.69. The average molecular weight is 282 g/mol. The lowest BCUT2D eigenvalue weighted by Crippen LogP contribution is -2.35. The van der Waals surface area contributed by atoms with Gasteiger partial charge in [-0.15, -0.1) is 0 Å². The number of nitrogens with zero attached hydrogens (tertiary/aromatic N) is 1. The standard InChI is InChI=1S/C18H22N2O/c1-15-14-20(13-5-12-19-15)16-8-10-18(11-9-16)21-17-6-3-2-4-7-17/h2-4,6-11,15,19H,5,12-14H2,1H3. The summed E-state index contributed by atoms with van der Waals surface area (Å²) in [7, 11) is 0. The van der Waals surface area contributed by atoms with Crippen LogP contribution in [0, 0.1) is 0 Å². The van der Waals surface area contributed by atoms with Crippen LogP contribution in [0.2, 0.25) is 0 Å². The van der Waals surface area contributed by atoms with Gasteiger partial charge in [-0.2, -0.15) is 0 Å². The number of nitrogens with one attached hydrogen (secondary N) is 1. The molecule has 1 heterocycles. The quantitative estimate of drug-likeness (QED) is 0.929. The number of hydrogen-bond acceptors (Lipinski definition) is 3. The van der Waals surface area contributed by atoms with Crippen LogP contribution in [0.25, 0.3) is 0 Å². The lowest BCUT2D eigenvalue weighted by molar-refractivity contribution is 0.482. The SMILES string of the molecule is CC1CN(c2ccc(Oc3ccccc3)cc2)CCCN1. The summed E-state index contributed by atoms with van der Waals surface area (Å²) in [4.78, 5) is 2.44. The van der Waals surface area contributed by atoms with Crippen LogP contribution in [0.1, 0.15) is 13.3 Å². The van der Waals surface area contributed by atoms with Crippen molar-refractivity contribution >= 4 is 5.69 Å². The molecular weight excluding hydrogens is 260 g/mol. The topological polar surface area (TPSA) is 24.5 Å². The molecule has 0 saturated carbocycles. The summed E-state index contributed by atoms with van der Waals surface area (Å²) in [5.74, 6) is 1.75. The van der Waals surface area contributed by atoms with E-state index in [0.717, 1.165) is 31.1 Å². The number of rotatable bonds is 3. The molecule has 2 aromatic carbocycles. The first-order valence-corrected chi connectivity index (χ1v) is 7.62. The van der Waals surface area contributed by atoms with E-state index in [0.29, 0.717) is 6.04 Å². The van der Waals surface area contributed by atoms with Gasteiger partial charge in [0.2, 0.25) is 0 Å². The molecule has 0 spiro atoms. The van der Waals surface area contributed by atoms with Crippen molar-refractivity contribution in [2.75, 3.05) is 24.5 Å². The molecule has 1 unspecified atom stereocenters. The van der Waals surface area contributed by atoms with Gasteiger partial charge in [0.05, 0.1) is 0 Å². The fourth-order valence-corrected chi connectivity index (χ4v) is 2.69. The van der Waals surface area contributed by atoms with Gasteiger partial charge in [-0.25, -0.2) is 0 Å². The van der Waals surface area contributed by atoms with Gasteiger partial charge in [0.1, 0.15) is 11.5 Å². The van der Waals surface area contributed by atoms with E-state index in [1.165, 1.54) is 12.1 Å². The Morgan fingerprint density at radius 2 is 1.71 bits per heavy atom. The number of anilines is 1. The van der Waals surface area contributed by atoms with Crippen molar-refractivity contribution < 1.29 is 4.74 Å². The number of benzene rings is 2. The van der Waals surface area contributed by atoms with Crippen LogP contribution in [-0.4, -0.2) is 25.7 Å². The van der Waals surface area contributed by atoms with Gasteiger partial charge in [-0.3, -0.25) is 0 Å². The second-order valence-electron chi connectivity index (χ2n) is 5.56. The van der Waals surface area contributed by atoms with E-state index in [4.69, 9.17) is 4.74 Å². The van der Waals surface area contributed by atoms with E-state index in [-0.39, 0.29) is 0 Å². The third-order valence-electron chi connectivity index (χ3n) is 3.77. The molecule has 3 heteroatoms. The highest BCUT2D eigenvalue weighted by Gasteiger charge is 2.14. The Bertz CT molecular complexity index is 553. The Kier molecular flexibility index (Phi) is 4.41. The Balaban J connectivity index is 1.68. The summed E-state index contributed by atoms with van der Waals surface area (Å²) in [6, 6.07) is 18.8. The van der Waals surface area contributed by atoms with Crippen molar-refractivity contribution in [3.63, 3.8) is 0 Å². The van der Waals surface area contributed by atoms with Crippen LogP contribution in [0.3, 0.4) is 0 Å². The van der Waals surface area contributed by atoms with Crippen molar-refractivity contribution in [3.05, 3.63) is 54.6 Å². The molecule has 1 aliphatic heterocycles. The molecule has 1 N–H and O–H groups in total. The summed E-state index contributed by atoms with van der Waals surface area (Å²) in [6.07, 6.45) is 1.19. The van der Waals surface area contributed by atoms with Crippen LogP contribution < -0.4 is 15.0 Å². The maximum absolute atomic E-state index is 5.84. The predicted octanol–water partition coefficient (Wildman–Crippen LogP) is 3.67. The maximum Gasteiger partial charge on any atom is 0.127 e. The number of para-hydroxylation sites is 1. The average Bonchev–Trinajstić information content (AvgIpc) is 2.74. The molecule has 0 aliphatic carbocycles. The molecule has 0 bridgehead atoms. The lowest BCUT2D eigenvalue weighted by Gasteiger charge is -2.25. The number of ether oxygens (including phenoxy) is 1. The second-order valence-corrected chi connectivity index (χ2v) is 5.56. The molecule has 1 atom stereocenters. The normalized spacial score (nSPS) is 19.1. The molecule has 21 heavy (non-hydrogen) atoms. The van der Waals surface area contributed by atoms with Gasteiger partial charge in [0.15, 0.2) is 0 Å². The fraction of sp³-hybridized carbons (Fsp3) is 0.333. The summed E-state index contributed by atoms with van der Waals surface area (Å²) < 4.78 is 5.84. The minimum absolute atomic E-state index is 0.535. The lowest BCUT2D eigenvalue weighted by atomic mass is 10.2. The van der Waals surface area contributed by atoms with E-state index in [9.17, 15) is 0 Å². The molecule has 3 rings (SSSR count). The summed E-state index contributed by atoms with van der Waals surface area (Å²) in [6.45, 7) is 5.51. The Hall–Kier alpha value is -2.00. The molecule has 1 saturated heterocycles. The minimum atomic E-state index is 0.535. The van der Waals surface area contributed by atoms with Gasteiger partial charge < -0.3 is 15.0 Å². The van der Waals surface area contributed by atoms with Crippen molar-refractivity contribution in [1.29, 1.82) is 0 Å². The third-order valence-corrected chi connectivity index (χ3v) is 3.77. The predicted molar refractivity (Wildman–Crippen MR) is 87.3 cm³/mol. The van der Waals surface area contributed by atoms with Crippen LogP contribution in [-0.2, 0) is 0 Å². The molecule has 110 valence electrons. The minimum Gasteiger partial charge on any atom is -0.457 e.